The fourth-order valence-corrected chi connectivity index (χ4v) is 2.02. The van der Waals surface area contributed by atoms with E-state index >= 15 is 0 Å². The van der Waals surface area contributed by atoms with Gasteiger partial charge in [0.05, 0.1) is 0 Å². The van der Waals surface area contributed by atoms with E-state index in [2.05, 4.69) is 0 Å². The zero-order valence-corrected chi connectivity index (χ0v) is 8.67. The molecule has 1 aliphatic rings. The van der Waals surface area contributed by atoms with Gasteiger partial charge in [-0.15, -0.1) is 0 Å². The van der Waals surface area contributed by atoms with E-state index < -0.39 is 11.1 Å². The van der Waals surface area contributed by atoms with Gasteiger partial charge in [-0.2, -0.15) is 0 Å². The molecule has 0 aromatic rings. The zero-order chi connectivity index (χ0) is 10.0. The Balaban J connectivity index is 2.74. The molecule has 3 nitrogen and oxygen atoms in total. The fraction of sp³-hybridized carbons (Fsp3) is 0.778. The number of carbonyl (C=O) groups excluding carboxylic acids is 2. The monoisotopic (exact) mass is 203 g/mol. The maximum absolute atomic E-state index is 11.4. The second kappa shape index (κ2) is 4.09. The third-order valence-electron chi connectivity index (χ3n) is 2.60. The van der Waals surface area contributed by atoms with Crippen molar-refractivity contribution in [3.05, 3.63) is 0 Å². The topological polar surface area (TPSA) is 37.4 Å². The first-order valence-electron chi connectivity index (χ1n) is 4.56. The second-order valence-electron chi connectivity index (χ2n) is 3.62. The molecular formula is C9H14ClNO2. The van der Waals surface area contributed by atoms with Crippen LogP contribution in [0.15, 0.2) is 0 Å². The van der Waals surface area contributed by atoms with Crippen molar-refractivity contribution >= 4 is 22.8 Å². The van der Waals surface area contributed by atoms with E-state index in [4.69, 9.17) is 11.6 Å². The van der Waals surface area contributed by atoms with Gasteiger partial charge in [0.15, 0.2) is 0 Å². The molecule has 2 atom stereocenters. The van der Waals surface area contributed by atoms with E-state index in [1.807, 2.05) is 13.8 Å². The molecule has 0 N–H and O–H groups in total. The van der Waals surface area contributed by atoms with Gasteiger partial charge in [-0.25, -0.2) is 0 Å². The van der Waals surface area contributed by atoms with Crippen LogP contribution >= 0.6 is 11.6 Å². The van der Waals surface area contributed by atoms with Crippen LogP contribution in [-0.2, 0) is 9.59 Å². The Morgan fingerprint density at radius 2 is 1.69 bits per heavy atom. The molecule has 0 aromatic heterocycles. The minimum atomic E-state index is -0.874. The predicted molar refractivity (Wildman–Crippen MR) is 50.5 cm³/mol. The molecule has 0 spiro atoms. The number of hydrogen-bond donors (Lipinski definition) is 0. The molecule has 0 aromatic carbocycles. The van der Waals surface area contributed by atoms with Crippen molar-refractivity contribution in [1.82, 2.24) is 4.90 Å². The van der Waals surface area contributed by atoms with Crippen LogP contribution in [-0.4, -0.2) is 28.1 Å². The van der Waals surface area contributed by atoms with Crippen LogP contribution in [0.3, 0.4) is 0 Å². The molecule has 1 fully saturated rings. The van der Waals surface area contributed by atoms with E-state index in [1.54, 1.807) is 4.90 Å². The van der Waals surface area contributed by atoms with Gasteiger partial charge >= 0.3 is 11.1 Å². The summed E-state index contributed by atoms with van der Waals surface area (Å²) < 4.78 is 0. The summed E-state index contributed by atoms with van der Waals surface area (Å²) in [7, 11) is 0. The van der Waals surface area contributed by atoms with Gasteiger partial charge in [-0.3, -0.25) is 9.59 Å². The van der Waals surface area contributed by atoms with Gasteiger partial charge in [0.1, 0.15) is 0 Å². The number of carbonyl (C=O) groups is 2. The molecule has 1 amide bonds. The lowest BCUT2D eigenvalue weighted by Gasteiger charge is -2.38. The highest BCUT2D eigenvalue weighted by Gasteiger charge is 2.31. The van der Waals surface area contributed by atoms with E-state index in [0.717, 1.165) is 19.3 Å². The lowest BCUT2D eigenvalue weighted by atomic mass is 9.97. The van der Waals surface area contributed by atoms with Crippen molar-refractivity contribution in [3.8, 4) is 0 Å². The third kappa shape index (κ3) is 2.21. The molecule has 1 aliphatic heterocycles. The van der Waals surface area contributed by atoms with Crippen LogP contribution in [0.25, 0.3) is 0 Å². The zero-order valence-electron chi connectivity index (χ0n) is 7.92. The average Bonchev–Trinajstić information content (AvgIpc) is 2.03. The Kier molecular flexibility index (Phi) is 3.31. The molecule has 0 bridgehead atoms. The van der Waals surface area contributed by atoms with Crippen LogP contribution in [0.4, 0.5) is 0 Å². The summed E-state index contributed by atoms with van der Waals surface area (Å²) in [6.07, 6.45) is 3.03. The van der Waals surface area contributed by atoms with E-state index in [0.29, 0.717) is 0 Å². The van der Waals surface area contributed by atoms with Crippen LogP contribution in [0.5, 0.6) is 0 Å². The van der Waals surface area contributed by atoms with Crippen molar-refractivity contribution in [2.24, 2.45) is 0 Å². The van der Waals surface area contributed by atoms with Crippen LogP contribution < -0.4 is 0 Å². The van der Waals surface area contributed by atoms with Crippen molar-refractivity contribution in [1.29, 1.82) is 0 Å². The summed E-state index contributed by atoms with van der Waals surface area (Å²) in [5.41, 5.74) is 0. The Hall–Kier alpha value is -0.570. The minimum Gasteiger partial charge on any atom is -0.330 e. The minimum absolute atomic E-state index is 0.138. The quantitative estimate of drug-likeness (QED) is 0.479. The number of nitrogens with zero attached hydrogens (tertiary/aromatic N) is 1. The smallest absolute Gasteiger partial charge is 0.310 e. The van der Waals surface area contributed by atoms with Crippen molar-refractivity contribution in [2.45, 2.75) is 45.2 Å². The number of halogens is 1. The van der Waals surface area contributed by atoms with Gasteiger partial charge in [-0.05, 0) is 44.7 Å². The van der Waals surface area contributed by atoms with Gasteiger partial charge in [0.2, 0.25) is 0 Å². The van der Waals surface area contributed by atoms with Crippen LogP contribution in [0.1, 0.15) is 33.1 Å². The van der Waals surface area contributed by atoms with Crippen molar-refractivity contribution < 1.29 is 9.59 Å². The highest BCUT2D eigenvalue weighted by atomic mass is 35.5. The lowest BCUT2D eigenvalue weighted by molar-refractivity contribution is -0.145. The molecule has 1 saturated heterocycles. The summed E-state index contributed by atoms with van der Waals surface area (Å²) in [6.45, 7) is 3.90. The number of likely N-dealkylation sites (tertiary alicyclic amines) is 1. The molecule has 1 rings (SSSR count). The highest BCUT2D eigenvalue weighted by molar-refractivity contribution is 6.80. The average molecular weight is 204 g/mol. The SMILES string of the molecule is CC1CCCC(C)N1C(=O)C(=O)Cl. The molecule has 0 saturated carbocycles. The summed E-state index contributed by atoms with van der Waals surface area (Å²) in [5, 5.41) is -0.874. The molecule has 0 radical (unpaired) electrons. The fourth-order valence-electron chi connectivity index (χ4n) is 1.92. The highest BCUT2D eigenvalue weighted by Crippen LogP contribution is 2.22. The Bertz CT molecular complexity index is 220. The predicted octanol–water partition coefficient (Wildman–Crippen LogP) is 1.54. The molecule has 74 valence electrons. The maximum Gasteiger partial charge on any atom is 0.310 e. The van der Waals surface area contributed by atoms with Gasteiger partial charge in [-0.1, -0.05) is 0 Å². The number of hydrogen-bond acceptors (Lipinski definition) is 2. The van der Waals surface area contributed by atoms with Gasteiger partial charge < -0.3 is 4.90 Å². The summed E-state index contributed by atoms with van der Waals surface area (Å²) in [6, 6.07) is 0.276. The normalized spacial score (nSPS) is 28.7. The van der Waals surface area contributed by atoms with Crippen molar-refractivity contribution in [2.75, 3.05) is 0 Å². The summed E-state index contributed by atoms with van der Waals surface area (Å²) in [4.78, 5) is 23.7. The van der Waals surface area contributed by atoms with Crippen LogP contribution in [0, 0.1) is 0 Å². The Morgan fingerprint density at radius 3 is 2.08 bits per heavy atom. The lowest BCUT2D eigenvalue weighted by Crippen LogP contribution is -2.49. The van der Waals surface area contributed by atoms with Gasteiger partial charge in [0, 0.05) is 12.1 Å². The Labute approximate surface area is 83.0 Å². The summed E-state index contributed by atoms with van der Waals surface area (Å²) in [5.74, 6) is -0.554. The van der Waals surface area contributed by atoms with Crippen molar-refractivity contribution in [3.63, 3.8) is 0 Å². The largest absolute Gasteiger partial charge is 0.330 e. The molecule has 1 heterocycles. The number of piperidine rings is 1. The van der Waals surface area contributed by atoms with E-state index in [1.165, 1.54) is 0 Å². The molecular weight excluding hydrogens is 190 g/mol. The molecule has 13 heavy (non-hydrogen) atoms. The molecule has 2 unspecified atom stereocenters. The summed E-state index contributed by atoms with van der Waals surface area (Å²) >= 11 is 5.16. The molecule has 4 heteroatoms. The number of rotatable bonds is 1. The molecule has 0 aliphatic carbocycles. The number of amides is 1. The standard InChI is InChI=1S/C9H14ClNO2/c1-6-4-3-5-7(2)11(6)9(13)8(10)12/h6-7H,3-5H2,1-2H3. The second-order valence-corrected chi connectivity index (χ2v) is 3.96. The van der Waals surface area contributed by atoms with E-state index in [9.17, 15) is 9.59 Å². The van der Waals surface area contributed by atoms with Crippen LogP contribution in [0.2, 0.25) is 0 Å². The third-order valence-corrected chi connectivity index (χ3v) is 2.76. The maximum atomic E-state index is 11.4. The first-order chi connectivity index (χ1) is 6.04. The van der Waals surface area contributed by atoms with Gasteiger partial charge in [0.25, 0.3) is 0 Å². The first-order valence-corrected chi connectivity index (χ1v) is 4.94. The van der Waals surface area contributed by atoms with E-state index in [-0.39, 0.29) is 12.1 Å². The Morgan fingerprint density at radius 1 is 1.23 bits per heavy atom. The first kappa shape index (κ1) is 10.5.